The van der Waals surface area contributed by atoms with Gasteiger partial charge in [0.2, 0.25) is 11.8 Å². The third-order valence-corrected chi connectivity index (χ3v) is 11.4. The van der Waals surface area contributed by atoms with Crippen molar-refractivity contribution in [1.29, 1.82) is 4.78 Å². The normalized spacial score (nSPS) is 27.7. The molecule has 10 nitrogen and oxygen atoms in total. The van der Waals surface area contributed by atoms with Crippen LogP contribution in [-0.2, 0) is 14.5 Å². The summed E-state index contributed by atoms with van der Waals surface area (Å²) in [5.74, 6) is -0.388. The molecule has 1 saturated carbocycles. The molecule has 1 aliphatic carbocycles. The second-order valence-electron chi connectivity index (χ2n) is 11.0. The highest BCUT2D eigenvalue weighted by atomic mass is 32.2. The van der Waals surface area contributed by atoms with Crippen LogP contribution in [0.1, 0.15) is 56.4 Å². The molecule has 2 amide bonds. The van der Waals surface area contributed by atoms with E-state index in [9.17, 15) is 18.2 Å². The van der Waals surface area contributed by atoms with E-state index in [4.69, 9.17) is 9.52 Å². The highest BCUT2D eigenvalue weighted by molar-refractivity contribution is 7.94. The zero-order valence-electron chi connectivity index (χ0n) is 21.3. The largest absolute Gasteiger partial charge is 0.481 e. The average Bonchev–Trinajstić information content (AvgIpc) is 3.37. The summed E-state index contributed by atoms with van der Waals surface area (Å²) in [6.45, 7) is 4.57. The van der Waals surface area contributed by atoms with Crippen molar-refractivity contribution >= 4 is 21.5 Å². The van der Waals surface area contributed by atoms with E-state index in [1.54, 1.807) is 0 Å². The van der Waals surface area contributed by atoms with Gasteiger partial charge in [-0.25, -0.2) is 13.6 Å². The Bertz CT molecular complexity index is 1340. The molecule has 3 atom stereocenters. The SMILES string of the molecule is COc1cc(-c2cc(C(=O)N3CC[C@H](C(=O)NC[C@H]4CC[S@@](=N)(=O)C4(C)C)CC34CC4)[nH]n2)c(F)cn1. The number of amides is 2. The van der Waals surface area contributed by atoms with Crippen LogP contribution in [0, 0.1) is 22.4 Å². The summed E-state index contributed by atoms with van der Waals surface area (Å²) >= 11 is 0. The first-order chi connectivity index (χ1) is 17.5. The molecule has 2 aromatic heterocycles. The number of nitrogens with one attached hydrogen (secondary N) is 3. The summed E-state index contributed by atoms with van der Waals surface area (Å²) in [7, 11) is -1.22. The summed E-state index contributed by atoms with van der Waals surface area (Å²) in [5, 5.41) is 9.93. The number of H-pyrrole nitrogens is 1. The molecule has 12 heteroatoms. The summed E-state index contributed by atoms with van der Waals surface area (Å²) < 4.78 is 39.4. The van der Waals surface area contributed by atoms with E-state index in [2.05, 4.69) is 20.5 Å². The third kappa shape index (κ3) is 4.49. The number of hydrogen-bond acceptors (Lipinski definition) is 7. The van der Waals surface area contributed by atoms with Crippen molar-refractivity contribution in [3.63, 3.8) is 0 Å². The van der Waals surface area contributed by atoms with Crippen LogP contribution in [0.15, 0.2) is 18.3 Å². The van der Waals surface area contributed by atoms with Gasteiger partial charge in [0, 0.05) is 51.7 Å². The number of methoxy groups -OCH3 is 1. The smallest absolute Gasteiger partial charge is 0.272 e. The number of likely N-dealkylation sites (tertiary alicyclic amines) is 1. The number of aromatic amines is 1. The first-order valence-electron chi connectivity index (χ1n) is 12.6. The first kappa shape index (κ1) is 25.6. The van der Waals surface area contributed by atoms with Crippen molar-refractivity contribution in [1.82, 2.24) is 25.4 Å². The monoisotopic (exact) mass is 532 g/mol. The number of pyridine rings is 1. The Morgan fingerprint density at radius 1 is 1.32 bits per heavy atom. The highest BCUT2D eigenvalue weighted by Crippen LogP contribution is 2.50. The Balaban J connectivity index is 1.23. The molecule has 5 rings (SSSR count). The molecule has 3 aliphatic rings. The molecule has 4 heterocycles. The molecule has 37 heavy (non-hydrogen) atoms. The van der Waals surface area contributed by atoms with Crippen molar-refractivity contribution in [3.05, 3.63) is 29.8 Å². The second-order valence-corrected chi connectivity index (χ2v) is 13.8. The lowest BCUT2D eigenvalue weighted by molar-refractivity contribution is -0.127. The maximum atomic E-state index is 14.3. The maximum absolute atomic E-state index is 14.3. The number of rotatable bonds is 6. The number of aromatic nitrogens is 3. The fourth-order valence-corrected chi connectivity index (χ4v) is 7.58. The number of hydrogen-bond donors (Lipinski definition) is 3. The Morgan fingerprint density at radius 3 is 2.73 bits per heavy atom. The standard InChI is InChI=1S/C25H33FN6O4S/c1-24(2)16(5-9-37(24,27)35)13-29-22(33)15-4-8-32(25(12-15)6-7-25)23(34)20-11-19(30-31-20)17-10-21(36-3)28-14-18(17)26/h10-11,14-16,27H,4-9,12-13H2,1-3H3,(H,29,33)(H,30,31)/t15-,16+,37+/m0/s1. The predicted molar refractivity (Wildman–Crippen MR) is 135 cm³/mol. The van der Waals surface area contributed by atoms with E-state index in [1.165, 1.54) is 19.2 Å². The number of carbonyl (C=O) groups is 2. The van der Waals surface area contributed by atoms with Gasteiger partial charge >= 0.3 is 0 Å². The van der Waals surface area contributed by atoms with Gasteiger partial charge in [-0.2, -0.15) is 5.10 Å². The fourth-order valence-electron chi connectivity index (χ4n) is 5.70. The summed E-state index contributed by atoms with van der Waals surface area (Å²) in [5.41, 5.74) is 0.384. The number of piperidine rings is 1. The van der Waals surface area contributed by atoms with E-state index in [0.717, 1.165) is 19.0 Å². The van der Waals surface area contributed by atoms with Crippen molar-refractivity contribution in [3.8, 4) is 17.1 Å². The minimum Gasteiger partial charge on any atom is -0.481 e. The maximum Gasteiger partial charge on any atom is 0.272 e. The molecule has 2 aliphatic heterocycles. The molecular formula is C25H33FN6O4S. The number of ether oxygens (including phenoxy) is 1. The quantitative estimate of drug-likeness (QED) is 0.522. The zero-order chi connectivity index (χ0) is 26.6. The topological polar surface area (TPSA) is 141 Å². The van der Waals surface area contributed by atoms with Gasteiger partial charge in [0.25, 0.3) is 5.91 Å². The van der Waals surface area contributed by atoms with E-state index >= 15 is 0 Å². The van der Waals surface area contributed by atoms with Gasteiger partial charge in [0.15, 0.2) is 5.82 Å². The average molecular weight is 533 g/mol. The summed E-state index contributed by atoms with van der Waals surface area (Å²) in [6.07, 6.45) is 4.52. The molecule has 2 aromatic rings. The molecule has 1 spiro atoms. The van der Waals surface area contributed by atoms with Gasteiger partial charge in [-0.3, -0.25) is 19.5 Å². The number of carbonyl (C=O) groups excluding carboxylic acids is 2. The Labute approximate surface area is 215 Å². The van der Waals surface area contributed by atoms with Gasteiger partial charge in [0.1, 0.15) is 5.69 Å². The van der Waals surface area contributed by atoms with Crippen LogP contribution in [0.3, 0.4) is 0 Å². The van der Waals surface area contributed by atoms with Gasteiger partial charge < -0.3 is 15.0 Å². The van der Waals surface area contributed by atoms with Gasteiger partial charge in [-0.1, -0.05) is 0 Å². The van der Waals surface area contributed by atoms with Crippen molar-refractivity contribution in [2.75, 3.05) is 26.0 Å². The Kier molecular flexibility index (Phi) is 6.28. The van der Waals surface area contributed by atoms with Crippen LogP contribution in [-0.4, -0.2) is 72.3 Å². The van der Waals surface area contributed by atoms with E-state index in [-0.39, 0.29) is 52.0 Å². The molecule has 2 saturated heterocycles. The molecule has 0 bridgehead atoms. The predicted octanol–water partition coefficient (Wildman–Crippen LogP) is 2.97. The van der Waals surface area contributed by atoms with Crippen LogP contribution in [0.4, 0.5) is 4.39 Å². The number of nitrogens with zero attached hydrogens (tertiary/aromatic N) is 3. The molecule has 3 fully saturated rings. The highest BCUT2D eigenvalue weighted by Gasteiger charge is 2.55. The van der Waals surface area contributed by atoms with Crippen molar-refractivity contribution in [2.45, 2.75) is 56.2 Å². The summed E-state index contributed by atoms with van der Waals surface area (Å²) in [6, 6.07) is 2.96. The van der Waals surface area contributed by atoms with E-state index in [0.29, 0.717) is 38.1 Å². The Morgan fingerprint density at radius 2 is 2.08 bits per heavy atom. The fraction of sp³-hybridized carbons (Fsp3) is 0.600. The number of halogens is 1. The van der Waals surface area contributed by atoms with Crippen LogP contribution in [0.25, 0.3) is 11.3 Å². The van der Waals surface area contributed by atoms with E-state index < -0.39 is 20.3 Å². The first-order valence-corrected chi connectivity index (χ1v) is 14.3. The van der Waals surface area contributed by atoms with Gasteiger partial charge in [-0.15, -0.1) is 0 Å². The zero-order valence-corrected chi connectivity index (χ0v) is 22.1. The van der Waals surface area contributed by atoms with Crippen LogP contribution in [0.5, 0.6) is 5.88 Å². The summed E-state index contributed by atoms with van der Waals surface area (Å²) in [4.78, 5) is 32.1. The minimum atomic E-state index is -2.65. The third-order valence-electron chi connectivity index (χ3n) is 8.58. The van der Waals surface area contributed by atoms with Crippen LogP contribution >= 0.6 is 0 Å². The molecular weight excluding hydrogens is 499 g/mol. The lowest BCUT2D eigenvalue weighted by Crippen LogP contribution is -2.51. The van der Waals surface area contributed by atoms with Gasteiger partial charge in [0.05, 0.1) is 23.7 Å². The Hall–Kier alpha value is -3.02. The van der Waals surface area contributed by atoms with Crippen molar-refractivity contribution < 1.29 is 22.9 Å². The van der Waals surface area contributed by atoms with Crippen LogP contribution in [0.2, 0.25) is 0 Å². The molecule has 200 valence electrons. The second kappa shape index (κ2) is 9.07. The van der Waals surface area contributed by atoms with Crippen LogP contribution < -0.4 is 10.1 Å². The minimum absolute atomic E-state index is 0.0118. The lowest BCUT2D eigenvalue weighted by Gasteiger charge is -2.39. The molecule has 0 aromatic carbocycles. The van der Waals surface area contributed by atoms with Crippen molar-refractivity contribution in [2.24, 2.45) is 11.8 Å². The van der Waals surface area contributed by atoms with E-state index in [1.807, 2.05) is 18.7 Å². The molecule has 0 radical (unpaired) electrons. The molecule has 0 unspecified atom stereocenters. The van der Waals surface area contributed by atoms with Gasteiger partial charge in [-0.05, 0) is 57.9 Å². The lowest BCUT2D eigenvalue weighted by atomic mass is 9.87. The molecule has 3 N–H and O–H groups in total.